The number of ketones is 2. The van der Waals surface area contributed by atoms with Crippen molar-refractivity contribution in [3.8, 4) is 5.75 Å². The van der Waals surface area contributed by atoms with Crippen molar-refractivity contribution in [2.24, 2.45) is 5.41 Å². The maximum atomic E-state index is 13.9. The smallest absolute Gasteiger partial charge is 0.193 e. The number of hydrogen-bond donors (Lipinski definition) is 3. The molecule has 1 aliphatic heterocycles. The van der Waals surface area contributed by atoms with Crippen molar-refractivity contribution in [3.63, 3.8) is 0 Å². The van der Waals surface area contributed by atoms with Gasteiger partial charge in [-0.05, 0) is 69.7 Å². The number of fused-ring (bicyclic) bond motifs is 1. The minimum Gasteiger partial charge on any atom is -0.507 e. The van der Waals surface area contributed by atoms with E-state index in [4.69, 9.17) is 0 Å². The highest BCUT2D eigenvalue weighted by Gasteiger charge is 2.40. The third-order valence-corrected chi connectivity index (χ3v) is 8.19. The van der Waals surface area contributed by atoms with Crippen LogP contribution in [0.1, 0.15) is 107 Å². The average molecular weight is 551 g/mol. The van der Waals surface area contributed by atoms with Gasteiger partial charge < -0.3 is 15.7 Å². The van der Waals surface area contributed by atoms with Crippen molar-refractivity contribution in [1.29, 1.82) is 0 Å². The number of phenols is 1. The van der Waals surface area contributed by atoms with Crippen molar-refractivity contribution in [1.82, 2.24) is 0 Å². The SMILES string of the molecule is CC1(C)CC(=O)C2=C(C1)Nc1cc(C(=O)c3ccccc3)ccc1N[C@H]2c1cc(C(C)(C)C)c(O)c(C(C)(C)C)c1. The Hall–Kier alpha value is -3.86. The molecule has 2 aliphatic rings. The molecule has 0 amide bonds. The molecule has 3 aromatic carbocycles. The van der Waals surface area contributed by atoms with E-state index < -0.39 is 6.04 Å². The van der Waals surface area contributed by atoms with E-state index >= 15 is 0 Å². The number of Topliss-reactive ketones (excluding diaryl/α,β-unsaturated/α-hetero) is 1. The van der Waals surface area contributed by atoms with Gasteiger partial charge in [-0.15, -0.1) is 0 Å². The first-order valence-electron chi connectivity index (χ1n) is 14.5. The number of carbonyl (C=O) groups is 2. The van der Waals surface area contributed by atoms with Gasteiger partial charge in [-0.25, -0.2) is 0 Å². The van der Waals surface area contributed by atoms with Crippen LogP contribution in [0.25, 0.3) is 0 Å². The molecule has 0 saturated carbocycles. The summed E-state index contributed by atoms with van der Waals surface area (Å²) in [6.07, 6.45) is 1.16. The average Bonchev–Trinajstić information content (AvgIpc) is 3.02. The van der Waals surface area contributed by atoms with Crippen molar-refractivity contribution in [2.45, 2.75) is 85.1 Å². The van der Waals surface area contributed by atoms with Crippen molar-refractivity contribution in [2.75, 3.05) is 10.6 Å². The summed E-state index contributed by atoms with van der Waals surface area (Å²) in [6, 6.07) is 18.6. The molecule has 5 rings (SSSR count). The fourth-order valence-electron chi connectivity index (χ4n) is 6.06. The van der Waals surface area contributed by atoms with Gasteiger partial charge in [0, 0.05) is 28.8 Å². The van der Waals surface area contributed by atoms with E-state index in [1.54, 1.807) is 0 Å². The number of carbonyl (C=O) groups excluding carboxylic acids is 2. The molecule has 0 saturated heterocycles. The lowest BCUT2D eigenvalue weighted by Crippen LogP contribution is -2.31. The van der Waals surface area contributed by atoms with E-state index in [1.807, 2.05) is 48.5 Å². The number of allylic oxidation sites excluding steroid dienone is 1. The summed E-state index contributed by atoms with van der Waals surface area (Å²) >= 11 is 0. The normalized spacial score (nSPS) is 18.5. The summed E-state index contributed by atoms with van der Waals surface area (Å²) in [5.41, 5.74) is 6.27. The Kier molecular flexibility index (Phi) is 6.92. The van der Waals surface area contributed by atoms with Crippen LogP contribution in [0.5, 0.6) is 5.75 Å². The number of benzene rings is 3. The second-order valence-electron chi connectivity index (χ2n) is 14.5. The van der Waals surface area contributed by atoms with Gasteiger partial charge in [0.2, 0.25) is 0 Å². The highest BCUT2D eigenvalue weighted by Crippen LogP contribution is 2.48. The van der Waals surface area contributed by atoms with Crippen molar-refractivity contribution < 1.29 is 14.7 Å². The van der Waals surface area contributed by atoms with E-state index in [-0.39, 0.29) is 27.8 Å². The van der Waals surface area contributed by atoms with Crippen molar-refractivity contribution >= 4 is 22.9 Å². The van der Waals surface area contributed by atoms with Crippen LogP contribution in [0.15, 0.2) is 71.9 Å². The molecule has 214 valence electrons. The minimum absolute atomic E-state index is 0.0478. The number of hydrogen-bond acceptors (Lipinski definition) is 5. The second-order valence-corrected chi connectivity index (χ2v) is 14.5. The summed E-state index contributed by atoms with van der Waals surface area (Å²) in [6.45, 7) is 16.8. The zero-order valence-electron chi connectivity index (χ0n) is 25.5. The Morgan fingerprint density at radius 3 is 2.02 bits per heavy atom. The Bertz CT molecular complexity index is 1530. The van der Waals surface area contributed by atoms with Gasteiger partial charge in [0.05, 0.1) is 17.4 Å². The number of anilines is 2. The summed E-state index contributed by atoms with van der Waals surface area (Å²) in [4.78, 5) is 27.2. The quantitative estimate of drug-likeness (QED) is 0.285. The van der Waals surface area contributed by atoms with Crippen LogP contribution >= 0.6 is 0 Å². The van der Waals surface area contributed by atoms with Gasteiger partial charge in [-0.3, -0.25) is 9.59 Å². The van der Waals surface area contributed by atoms with E-state index in [9.17, 15) is 14.7 Å². The first kappa shape index (κ1) is 28.7. The van der Waals surface area contributed by atoms with Gasteiger partial charge in [0.1, 0.15) is 5.75 Å². The molecular formula is C36H42N2O3. The minimum atomic E-state index is -0.416. The fourth-order valence-corrected chi connectivity index (χ4v) is 6.06. The predicted octanol–water partition coefficient (Wildman–Crippen LogP) is 8.44. The Morgan fingerprint density at radius 2 is 1.44 bits per heavy atom. The molecule has 1 atom stereocenters. The molecule has 0 fully saturated rings. The summed E-state index contributed by atoms with van der Waals surface area (Å²) in [5, 5.41) is 18.7. The largest absolute Gasteiger partial charge is 0.507 e. The van der Waals surface area contributed by atoms with Crippen LogP contribution in [0.2, 0.25) is 0 Å². The fraction of sp³-hybridized carbons (Fsp3) is 0.389. The first-order valence-corrected chi connectivity index (χ1v) is 14.5. The predicted molar refractivity (Wildman–Crippen MR) is 167 cm³/mol. The summed E-state index contributed by atoms with van der Waals surface area (Å²) < 4.78 is 0. The molecule has 3 N–H and O–H groups in total. The Morgan fingerprint density at radius 1 is 0.829 bits per heavy atom. The third kappa shape index (κ3) is 5.55. The lowest BCUT2D eigenvalue weighted by atomic mass is 9.72. The molecule has 3 aromatic rings. The molecule has 0 unspecified atom stereocenters. The lowest BCUT2D eigenvalue weighted by Gasteiger charge is -2.35. The van der Waals surface area contributed by atoms with Crippen LogP contribution in [-0.2, 0) is 15.6 Å². The molecule has 0 bridgehead atoms. The molecule has 5 nitrogen and oxygen atoms in total. The maximum Gasteiger partial charge on any atom is 0.193 e. The van der Waals surface area contributed by atoms with Gasteiger partial charge in [0.25, 0.3) is 0 Å². The number of phenolic OH excluding ortho intramolecular Hbond substituents is 1. The number of rotatable bonds is 3. The van der Waals surface area contributed by atoms with E-state index in [2.05, 4.69) is 78.2 Å². The third-order valence-electron chi connectivity index (χ3n) is 8.19. The van der Waals surface area contributed by atoms with Crippen LogP contribution in [-0.4, -0.2) is 16.7 Å². The maximum absolute atomic E-state index is 13.9. The van der Waals surface area contributed by atoms with E-state index in [0.29, 0.717) is 29.7 Å². The van der Waals surface area contributed by atoms with Gasteiger partial charge in [0.15, 0.2) is 11.6 Å². The van der Waals surface area contributed by atoms with Crippen LogP contribution in [0.3, 0.4) is 0 Å². The van der Waals surface area contributed by atoms with Gasteiger partial charge in [-0.2, -0.15) is 0 Å². The number of nitrogens with one attached hydrogen (secondary N) is 2. The second kappa shape index (κ2) is 9.90. The molecule has 1 aliphatic carbocycles. The monoisotopic (exact) mass is 550 g/mol. The summed E-state index contributed by atoms with van der Waals surface area (Å²) in [7, 11) is 0. The number of aromatic hydroxyl groups is 1. The van der Waals surface area contributed by atoms with E-state index in [1.165, 1.54) is 0 Å². The first-order chi connectivity index (χ1) is 19.0. The molecule has 1 heterocycles. The highest BCUT2D eigenvalue weighted by molar-refractivity contribution is 6.10. The van der Waals surface area contributed by atoms with Crippen LogP contribution in [0.4, 0.5) is 11.4 Å². The molecular weight excluding hydrogens is 508 g/mol. The van der Waals surface area contributed by atoms with Crippen LogP contribution in [0, 0.1) is 5.41 Å². The Balaban J connectivity index is 1.70. The zero-order chi connectivity index (χ0) is 29.9. The highest BCUT2D eigenvalue weighted by atomic mass is 16.3. The van der Waals surface area contributed by atoms with Gasteiger partial charge in [-0.1, -0.05) is 85.7 Å². The van der Waals surface area contributed by atoms with Crippen molar-refractivity contribution in [3.05, 3.63) is 99.8 Å². The standard InChI is InChI=1S/C36H42N2O3/c1-34(2,3)24-16-23(17-25(33(24)41)35(4,5)6)31-30-28(19-36(7,8)20-29(30)39)37-27-18-22(14-15-26(27)38-31)32(40)21-12-10-9-11-13-21/h9-18,31,37-38,41H,19-20H2,1-8H3/t31-/m0/s1. The molecule has 0 spiro atoms. The van der Waals surface area contributed by atoms with Crippen LogP contribution < -0.4 is 10.6 Å². The molecule has 41 heavy (non-hydrogen) atoms. The topological polar surface area (TPSA) is 78.4 Å². The molecule has 0 radical (unpaired) electrons. The van der Waals surface area contributed by atoms with E-state index in [0.717, 1.165) is 39.3 Å². The summed E-state index contributed by atoms with van der Waals surface area (Å²) in [5.74, 6) is 0.376. The van der Waals surface area contributed by atoms with Gasteiger partial charge >= 0.3 is 0 Å². The lowest BCUT2D eigenvalue weighted by molar-refractivity contribution is -0.118. The molecule has 0 aromatic heterocycles. The zero-order valence-corrected chi connectivity index (χ0v) is 25.5. The molecule has 5 heteroatoms. The Labute approximate surface area is 244 Å².